The number of hydrogen-bond donors (Lipinski definition) is 0. The van der Waals surface area contributed by atoms with Gasteiger partial charge in [0.25, 0.3) is 5.91 Å². The van der Waals surface area contributed by atoms with Crippen LogP contribution in [-0.4, -0.2) is 31.6 Å². The number of para-hydroxylation sites is 2. The summed E-state index contributed by atoms with van der Waals surface area (Å²) in [6.07, 6.45) is 0.811. The van der Waals surface area contributed by atoms with Crippen molar-refractivity contribution in [3.05, 3.63) is 59.1 Å². The Morgan fingerprint density at radius 2 is 1.79 bits per heavy atom. The number of esters is 1. The lowest BCUT2D eigenvalue weighted by Crippen LogP contribution is -2.33. The number of fused-ring (bicyclic) bond motifs is 1. The number of nitrogens with zero attached hydrogens (tertiary/aromatic N) is 1. The van der Waals surface area contributed by atoms with Gasteiger partial charge in [-0.15, -0.1) is 0 Å². The number of amides is 1. The first-order chi connectivity index (χ1) is 11.6. The van der Waals surface area contributed by atoms with E-state index < -0.39 is 5.97 Å². The van der Waals surface area contributed by atoms with Crippen molar-refractivity contribution in [2.75, 3.05) is 24.7 Å². The third-order valence-corrected chi connectivity index (χ3v) is 4.04. The third kappa shape index (κ3) is 3.68. The molecule has 1 amide bonds. The second-order valence-corrected chi connectivity index (χ2v) is 5.71. The smallest absolute Gasteiger partial charge is 0.344 e. The van der Waals surface area contributed by atoms with Crippen molar-refractivity contribution in [3.63, 3.8) is 0 Å². The minimum atomic E-state index is -0.615. The fourth-order valence-corrected chi connectivity index (χ4v) is 2.75. The molecule has 0 saturated carbocycles. The highest BCUT2D eigenvalue weighted by atomic mass is 35.5. The average Bonchev–Trinajstić information content (AvgIpc) is 3.03. The maximum Gasteiger partial charge on any atom is 0.344 e. The summed E-state index contributed by atoms with van der Waals surface area (Å²) in [7, 11) is 0. The lowest BCUT2D eigenvalue weighted by atomic mass is 10.2. The number of halogens is 1. The third-order valence-electron chi connectivity index (χ3n) is 3.73. The van der Waals surface area contributed by atoms with Gasteiger partial charge in [-0.25, -0.2) is 4.79 Å². The Balaban J connectivity index is 1.48. The number of benzene rings is 2. The van der Waals surface area contributed by atoms with Gasteiger partial charge in [-0.2, -0.15) is 0 Å². The highest BCUT2D eigenvalue weighted by Gasteiger charge is 2.24. The Morgan fingerprint density at radius 1 is 1.04 bits per heavy atom. The molecule has 3 rings (SSSR count). The molecule has 0 aromatic heterocycles. The number of anilines is 1. The van der Waals surface area contributed by atoms with Crippen molar-refractivity contribution in [1.29, 1.82) is 0 Å². The van der Waals surface area contributed by atoms with Gasteiger partial charge < -0.3 is 14.4 Å². The summed E-state index contributed by atoms with van der Waals surface area (Å²) in [6.45, 7) is -0.00148. The van der Waals surface area contributed by atoms with E-state index in [0.29, 0.717) is 17.3 Å². The first-order valence-corrected chi connectivity index (χ1v) is 7.94. The Hall–Kier alpha value is -2.53. The van der Waals surface area contributed by atoms with Gasteiger partial charge in [-0.1, -0.05) is 41.9 Å². The van der Waals surface area contributed by atoms with E-state index in [1.54, 1.807) is 29.2 Å². The van der Waals surface area contributed by atoms with E-state index in [2.05, 4.69) is 0 Å². The Bertz CT molecular complexity index is 762. The van der Waals surface area contributed by atoms with Crippen LogP contribution in [0.3, 0.4) is 0 Å². The first-order valence-electron chi connectivity index (χ1n) is 7.56. The second kappa shape index (κ2) is 7.36. The van der Waals surface area contributed by atoms with Crippen LogP contribution in [0.5, 0.6) is 5.75 Å². The van der Waals surface area contributed by atoms with Crippen LogP contribution in [0.1, 0.15) is 5.56 Å². The van der Waals surface area contributed by atoms with E-state index in [-0.39, 0.29) is 19.1 Å². The van der Waals surface area contributed by atoms with Gasteiger partial charge in [0.1, 0.15) is 5.75 Å². The molecule has 0 bridgehead atoms. The summed E-state index contributed by atoms with van der Waals surface area (Å²) in [5, 5.41) is 0.412. The average molecular weight is 346 g/mol. The Labute approximate surface area is 144 Å². The molecule has 0 fully saturated rings. The topological polar surface area (TPSA) is 55.8 Å². The second-order valence-electron chi connectivity index (χ2n) is 5.30. The molecule has 124 valence electrons. The monoisotopic (exact) mass is 345 g/mol. The number of carbonyl (C=O) groups is 2. The maximum atomic E-state index is 12.2. The molecule has 6 heteroatoms. The molecule has 1 heterocycles. The van der Waals surface area contributed by atoms with E-state index in [1.807, 2.05) is 24.3 Å². The van der Waals surface area contributed by atoms with Gasteiger partial charge in [-0.05, 0) is 30.2 Å². The van der Waals surface area contributed by atoms with Crippen LogP contribution < -0.4 is 9.64 Å². The molecule has 2 aromatic rings. The van der Waals surface area contributed by atoms with Gasteiger partial charge in [0.05, 0.1) is 5.02 Å². The summed E-state index contributed by atoms with van der Waals surface area (Å²) in [6, 6.07) is 14.5. The molecule has 2 aromatic carbocycles. The largest absolute Gasteiger partial charge is 0.480 e. The molecule has 0 aliphatic carbocycles. The van der Waals surface area contributed by atoms with Crippen molar-refractivity contribution in [2.24, 2.45) is 0 Å². The zero-order valence-electron chi connectivity index (χ0n) is 12.9. The molecule has 24 heavy (non-hydrogen) atoms. The summed E-state index contributed by atoms with van der Waals surface area (Å²) in [5.41, 5.74) is 2.00. The van der Waals surface area contributed by atoms with E-state index >= 15 is 0 Å². The molecule has 1 aliphatic rings. The molecule has 0 spiro atoms. The minimum Gasteiger partial charge on any atom is -0.480 e. The van der Waals surface area contributed by atoms with Gasteiger partial charge in [0.15, 0.2) is 13.2 Å². The van der Waals surface area contributed by atoms with Crippen molar-refractivity contribution in [1.82, 2.24) is 0 Å². The normalized spacial score (nSPS) is 12.6. The Kier molecular flexibility index (Phi) is 5.01. The predicted molar refractivity (Wildman–Crippen MR) is 90.4 cm³/mol. The van der Waals surface area contributed by atoms with Crippen LogP contribution in [0.25, 0.3) is 0 Å². The van der Waals surface area contributed by atoms with E-state index in [0.717, 1.165) is 17.7 Å². The summed E-state index contributed by atoms with van der Waals surface area (Å²) >= 11 is 5.93. The van der Waals surface area contributed by atoms with Gasteiger partial charge in [0.2, 0.25) is 0 Å². The minimum absolute atomic E-state index is 0.244. The molecule has 1 aliphatic heterocycles. The summed E-state index contributed by atoms with van der Waals surface area (Å²) in [5.74, 6) is -0.460. The van der Waals surface area contributed by atoms with Crippen molar-refractivity contribution >= 4 is 29.2 Å². The van der Waals surface area contributed by atoms with Crippen LogP contribution in [0.2, 0.25) is 5.02 Å². The number of hydrogen-bond acceptors (Lipinski definition) is 4. The first kappa shape index (κ1) is 16.3. The number of rotatable bonds is 5. The van der Waals surface area contributed by atoms with Gasteiger partial charge in [-0.3, -0.25) is 4.79 Å². The maximum absolute atomic E-state index is 12.2. The van der Waals surface area contributed by atoms with E-state index in [9.17, 15) is 9.59 Å². The molecule has 0 N–H and O–H groups in total. The zero-order chi connectivity index (χ0) is 16.9. The van der Waals surface area contributed by atoms with Crippen LogP contribution >= 0.6 is 11.6 Å². The van der Waals surface area contributed by atoms with Crippen molar-refractivity contribution in [2.45, 2.75) is 6.42 Å². The quantitative estimate of drug-likeness (QED) is 0.782. The van der Waals surface area contributed by atoms with Crippen LogP contribution in [0, 0.1) is 0 Å². The van der Waals surface area contributed by atoms with E-state index in [4.69, 9.17) is 21.1 Å². The lowest BCUT2D eigenvalue weighted by molar-refractivity contribution is -0.149. The Morgan fingerprint density at radius 3 is 2.62 bits per heavy atom. The molecule has 0 saturated heterocycles. The molecular weight excluding hydrogens is 330 g/mol. The van der Waals surface area contributed by atoms with Crippen LogP contribution in [0.15, 0.2) is 48.5 Å². The highest BCUT2D eigenvalue weighted by Crippen LogP contribution is 2.27. The fraction of sp³-hybridized carbons (Fsp3) is 0.222. The SMILES string of the molecule is O=C(COc1ccccc1Cl)OCC(=O)N1CCc2ccccc21. The fourth-order valence-electron chi connectivity index (χ4n) is 2.56. The number of ether oxygens (including phenoxy) is 2. The van der Waals surface area contributed by atoms with Crippen LogP contribution in [0.4, 0.5) is 5.69 Å². The molecular formula is C18H16ClNO4. The summed E-state index contributed by atoms with van der Waals surface area (Å²) < 4.78 is 10.3. The van der Waals surface area contributed by atoms with E-state index in [1.165, 1.54) is 0 Å². The van der Waals surface area contributed by atoms with Crippen molar-refractivity contribution in [3.8, 4) is 5.75 Å². The zero-order valence-corrected chi connectivity index (χ0v) is 13.7. The highest BCUT2D eigenvalue weighted by molar-refractivity contribution is 6.32. The summed E-state index contributed by atoms with van der Waals surface area (Å²) in [4.78, 5) is 25.6. The molecule has 5 nitrogen and oxygen atoms in total. The standard InChI is InChI=1S/C18H16ClNO4/c19-14-6-2-4-8-16(14)23-12-18(22)24-11-17(21)20-10-9-13-5-1-3-7-15(13)20/h1-8H,9-12H2. The molecule has 0 atom stereocenters. The van der Waals surface area contributed by atoms with Gasteiger partial charge >= 0.3 is 5.97 Å². The number of carbonyl (C=O) groups excluding carboxylic acids is 2. The molecule has 0 radical (unpaired) electrons. The van der Waals surface area contributed by atoms with Crippen molar-refractivity contribution < 1.29 is 19.1 Å². The molecule has 0 unspecified atom stereocenters. The van der Waals surface area contributed by atoms with Gasteiger partial charge in [0, 0.05) is 12.2 Å². The predicted octanol–water partition coefficient (Wildman–Crippen LogP) is 2.85. The lowest BCUT2D eigenvalue weighted by Gasteiger charge is -2.17. The van der Waals surface area contributed by atoms with Crippen LogP contribution in [-0.2, 0) is 20.7 Å².